The molecule has 2 aromatic rings. The lowest BCUT2D eigenvalue weighted by atomic mass is 9.97. The van der Waals surface area contributed by atoms with E-state index >= 15 is 0 Å². The van der Waals surface area contributed by atoms with Gasteiger partial charge in [-0.05, 0) is 44.2 Å². The molecule has 1 aromatic heterocycles. The summed E-state index contributed by atoms with van der Waals surface area (Å²) in [5.74, 6) is 1.46. The van der Waals surface area contributed by atoms with Crippen LogP contribution in [-0.4, -0.2) is 16.6 Å². The highest BCUT2D eigenvalue weighted by Gasteiger charge is 2.16. The van der Waals surface area contributed by atoms with Gasteiger partial charge in [0.1, 0.15) is 11.6 Å². The molecule has 0 saturated carbocycles. The van der Waals surface area contributed by atoms with Crippen LogP contribution in [0, 0.1) is 0 Å². The number of nitrogens with zero attached hydrogens (tertiary/aromatic N) is 1. The minimum Gasteiger partial charge on any atom is -0.494 e. The van der Waals surface area contributed by atoms with Gasteiger partial charge in [-0.1, -0.05) is 19.1 Å². The molecular weight excluding hydrogens is 264 g/mol. The molecule has 1 heterocycles. The molecule has 1 N–H and O–H groups in total. The molecular formula is C17H20N2O2. The van der Waals surface area contributed by atoms with Crippen molar-refractivity contribution in [3.8, 4) is 17.1 Å². The lowest BCUT2D eigenvalue weighted by Crippen LogP contribution is -2.21. The van der Waals surface area contributed by atoms with Gasteiger partial charge in [0.2, 0.25) is 0 Å². The molecule has 0 amide bonds. The maximum Gasteiger partial charge on any atom is 0.254 e. The van der Waals surface area contributed by atoms with Crippen molar-refractivity contribution >= 4 is 0 Å². The molecule has 0 atom stereocenters. The van der Waals surface area contributed by atoms with Crippen molar-refractivity contribution in [1.29, 1.82) is 0 Å². The van der Waals surface area contributed by atoms with Crippen molar-refractivity contribution in [2.75, 3.05) is 6.61 Å². The van der Waals surface area contributed by atoms with Gasteiger partial charge >= 0.3 is 0 Å². The second-order valence-electron chi connectivity index (χ2n) is 5.42. The molecule has 3 rings (SSSR count). The second kappa shape index (κ2) is 6.12. The van der Waals surface area contributed by atoms with E-state index < -0.39 is 0 Å². The van der Waals surface area contributed by atoms with Crippen LogP contribution in [-0.2, 0) is 12.8 Å². The van der Waals surface area contributed by atoms with Gasteiger partial charge in [0, 0.05) is 11.1 Å². The summed E-state index contributed by atoms with van der Waals surface area (Å²) in [7, 11) is 0. The highest BCUT2D eigenvalue weighted by molar-refractivity contribution is 5.57. The predicted molar refractivity (Wildman–Crippen MR) is 82.7 cm³/mol. The Morgan fingerprint density at radius 2 is 2.14 bits per heavy atom. The number of H-pyrrole nitrogens is 1. The van der Waals surface area contributed by atoms with E-state index in [0.717, 1.165) is 54.7 Å². The fourth-order valence-corrected chi connectivity index (χ4v) is 2.69. The third kappa shape index (κ3) is 2.99. The summed E-state index contributed by atoms with van der Waals surface area (Å²) < 4.78 is 5.64. The zero-order valence-electron chi connectivity index (χ0n) is 12.3. The average Bonchev–Trinajstić information content (AvgIpc) is 2.53. The van der Waals surface area contributed by atoms with E-state index in [4.69, 9.17) is 4.74 Å². The summed E-state index contributed by atoms with van der Waals surface area (Å²) in [6, 6.07) is 7.74. The van der Waals surface area contributed by atoms with E-state index in [1.54, 1.807) is 0 Å². The number of aryl methyl sites for hydroxylation is 1. The van der Waals surface area contributed by atoms with Crippen LogP contribution >= 0.6 is 0 Å². The SMILES string of the molecule is CCCOc1cccc(-c2nc3c(c(=O)[nH]2)CCCC3)c1. The fourth-order valence-electron chi connectivity index (χ4n) is 2.69. The van der Waals surface area contributed by atoms with E-state index in [-0.39, 0.29) is 5.56 Å². The molecule has 0 bridgehead atoms. The summed E-state index contributed by atoms with van der Waals surface area (Å²) in [6.07, 6.45) is 4.91. The van der Waals surface area contributed by atoms with Crippen molar-refractivity contribution in [3.05, 3.63) is 45.9 Å². The first kappa shape index (κ1) is 13.9. The molecule has 1 aliphatic carbocycles. The van der Waals surface area contributed by atoms with Gasteiger partial charge < -0.3 is 9.72 Å². The number of hydrogen-bond donors (Lipinski definition) is 1. The zero-order valence-corrected chi connectivity index (χ0v) is 12.3. The first-order valence-electron chi connectivity index (χ1n) is 7.63. The number of fused-ring (bicyclic) bond motifs is 1. The Morgan fingerprint density at radius 1 is 1.29 bits per heavy atom. The first-order valence-corrected chi connectivity index (χ1v) is 7.63. The number of aromatic amines is 1. The largest absolute Gasteiger partial charge is 0.494 e. The molecule has 0 unspecified atom stereocenters. The fraction of sp³-hybridized carbons (Fsp3) is 0.412. The molecule has 110 valence electrons. The molecule has 0 radical (unpaired) electrons. The van der Waals surface area contributed by atoms with Crippen molar-refractivity contribution in [3.63, 3.8) is 0 Å². The van der Waals surface area contributed by atoms with E-state index in [2.05, 4.69) is 16.9 Å². The van der Waals surface area contributed by atoms with Gasteiger partial charge in [-0.25, -0.2) is 4.98 Å². The molecule has 21 heavy (non-hydrogen) atoms. The normalized spacial score (nSPS) is 13.8. The van der Waals surface area contributed by atoms with Gasteiger partial charge in [0.15, 0.2) is 0 Å². The Balaban J connectivity index is 1.97. The van der Waals surface area contributed by atoms with Gasteiger partial charge in [-0.2, -0.15) is 0 Å². The van der Waals surface area contributed by atoms with Gasteiger partial charge in [-0.3, -0.25) is 4.79 Å². The van der Waals surface area contributed by atoms with Crippen LogP contribution in [0.5, 0.6) is 5.75 Å². The highest BCUT2D eigenvalue weighted by Crippen LogP contribution is 2.23. The Morgan fingerprint density at radius 3 is 3.00 bits per heavy atom. The quantitative estimate of drug-likeness (QED) is 0.938. The Labute approximate surface area is 124 Å². The average molecular weight is 284 g/mol. The van der Waals surface area contributed by atoms with Crippen molar-refractivity contribution in [2.24, 2.45) is 0 Å². The van der Waals surface area contributed by atoms with Crippen LogP contribution < -0.4 is 10.3 Å². The summed E-state index contributed by atoms with van der Waals surface area (Å²) in [5.41, 5.74) is 2.73. The lowest BCUT2D eigenvalue weighted by molar-refractivity contribution is 0.317. The highest BCUT2D eigenvalue weighted by atomic mass is 16.5. The van der Waals surface area contributed by atoms with Crippen molar-refractivity contribution < 1.29 is 4.74 Å². The van der Waals surface area contributed by atoms with Crippen molar-refractivity contribution in [2.45, 2.75) is 39.0 Å². The zero-order chi connectivity index (χ0) is 14.7. The lowest BCUT2D eigenvalue weighted by Gasteiger charge is -2.15. The number of nitrogens with one attached hydrogen (secondary N) is 1. The van der Waals surface area contributed by atoms with Crippen LogP contribution in [0.3, 0.4) is 0 Å². The van der Waals surface area contributed by atoms with Gasteiger partial charge in [0.25, 0.3) is 5.56 Å². The smallest absolute Gasteiger partial charge is 0.254 e. The number of ether oxygens (including phenoxy) is 1. The Kier molecular flexibility index (Phi) is 4.04. The van der Waals surface area contributed by atoms with Gasteiger partial charge in [0.05, 0.1) is 12.3 Å². The molecule has 1 aliphatic rings. The molecule has 0 aliphatic heterocycles. The molecule has 4 heteroatoms. The first-order chi connectivity index (χ1) is 10.3. The molecule has 1 aromatic carbocycles. The minimum absolute atomic E-state index is 0.00887. The van der Waals surface area contributed by atoms with Crippen LogP contribution in [0.25, 0.3) is 11.4 Å². The third-order valence-corrected chi connectivity index (χ3v) is 3.77. The predicted octanol–water partition coefficient (Wildman–Crippen LogP) is 3.10. The number of benzene rings is 1. The summed E-state index contributed by atoms with van der Waals surface area (Å²) in [5, 5.41) is 0. The van der Waals surface area contributed by atoms with E-state index in [1.165, 1.54) is 0 Å². The van der Waals surface area contributed by atoms with Crippen LogP contribution in [0.4, 0.5) is 0 Å². The van der Waals surface area contributed by atoms with Crippen molar-refractivity contribution in [1.82, 2.24) is 9.97 Å². The summed E-state index contributed by atoms with van der Waals surface area (Å²) in [4.78, 5) is 19.8. The van der Waals surface area contributed by atoms with Crippen LogP contribution in [0.1, 0.15) is 37.4 Å². The topological polar surface area (TPSA) is 55.0 Å². The van der Waals surface area contributed by atoms with Crippen LogP contribution in [0.2, 0.25) is 0 Å². The maximum absolute atomic E-state index is 12.2. The number of rotatable bonds is 4. The second-order valence-corrected chi connectivity index (χ2v) is 5.42. The third-order valence-electron chi connectivity index (χ3n) is 3.77. The van der Waals surface area contributed by atoms with Gasteiger partial charge in [-0.15, -0.1) is 0 Å². The van der Waals surface area contributed by atoms with E-state index in [9.17, 15) is 4.79 Å². The maximum atomic E-state index is 12.2. The number of hydrogen-bond acceptors (Lipinski definition) is 3. The standard InChI is InChI=1S/C17H20N2O2/c1-2-10-21-13-7-5-6-12(11-13)16-18-15-9-4-3-8-14(15)17(20)19-16/h5-7,11H,2-4,8-10H2,1H3,(H,18,19,20). The van der Waals surface area contributed by atoms with Crippen LogP contribution in [0.15, 0.2) is 29.1 Å². The molecule has 0 fully saturated rings. The minimum atomic E-state index is 0.00887. The molecule has 0 spiro atoms. The molecule has 0 saturated heterocycles. The number of aromatic nitrogens is 2. The summed E-state index contributed by atoms with van der Waals surface area (Å²) >= 11 is 0. The van der Waals surface area contributed by atoms with E-state index in [0.29, 0.717) is 12.4 Å². The Hall–Kier alpha value is -2.10. The van der Waals surface area contributed by atoms with E-state index in [1.807, 2.05) is 24.3 Å². The monoisotopic (exact) mass is 284 g/mol. The Bertz CT molecular complexity index is 691. The molecule has 4 nitrogen and oxygen atoms in total. The summed E-state index contributed by atoms with van der Waals surface area (Å²) in [6.45, 7) is 2.77.